The van der Waals surface area contributed by atoms with Gasteiger partial charge >= 0.3 is 6.11 Å². The molecule has 1 aromatic carbocycles. The van der Waals surface area contributed by atoms with Crippen LogP contribution in [0.1, 0.15) is 13.3 Å². The van der Waals surface area contributed by atoms with E-state index >= 15 is 0 Å². The summed E-state index contributed by atoms with van der Waals surface area (Å²) in [5.74, 6) is -0.251. The van der Waals surface area contributed by atoms with Gasteiger partial charge in [-0.2, -0.15) is 13.8 Å². The molecule has 6 rings (SSSR count). The van der Waals surface area contributed by atoms with Crippen LogP contribution in [-0.2, 0) is 0 Å². The van der Waals surface area contributed by atoms with Crippen molar-refractivity contribution in [2.75, 3.05) is 24.6 Å². The molecule has 2 unspecified atom stereocenters. The number of rotatable bonds is 6. The first-order valence-electron chi connectivity index (χ1n) is 9.52. The molecule has 3 aromatic rings. The minimum atomic E-state index is -4.05. The largest absolute Gasteiger partial charge is 0.429 e. The minimum Gasteiger partial charge on any atom is -0.428 e. The van der Waals surface area contributed by atoms with Crippen molar-refractivity contribution in [3.8, 4) is 16.3 Å². The van der Waals surface area contributed by atoms with Gasteiger partial charge in [-0.1, -0.05) is 0 Å². The molecule has 0 saturated carbocycles. The Hall–Kier alpha value is -2.34. The molecule has 5 heterocycles. The molecule has 0 radical (unpaired) electrons. The molecular formula is C19H20F2N4O4S. The lowest BCUT2D eigenvalue weighted by molar-refractivity contribution is -0.290. The third kappa shape index (κ3) is 3.13. The highest BCUT2D eigenvalue weighted by Gasteiger charge is 2.52. The van der Waals surface area contributed by atoms with E-state index in [9.17, 15) is 13.9 Å². The van der Waals surface area contributed by atoms with Gasteiger partial charge in [-0.25, -0.2) is 4.98 Å². The molecule has 0 spiro atoms. The van der Waals surface area contributed by atoms with Crippen LogP contribution >= 0.6 is 11.3 Å². The number of aromatic nitrogens is 2. The molecule has 3 fully saturated rings. The predicted molar refractivity (Wildman–Crippen MR) is 106 cm³/mol. The first-order chi connectivity index (χ1) is 14.3. The van der Waals surface area contributed by atoms with Gasteiger partial charge in [0.2, 0.25) is 0 Å². The van der Waals surface area contributed by atoms with Crippen molar-refractivity contribution in [1.29, 1.82) is 0 Å². The third-order valence-corrected chi connectivity index (χ3v) is 6.33. The number of benzene rings is 1. The van der Waals surface area contributed by atoms with Crippen LogP contribution < -0.4 is 15.0 Å². The Kier molecular flexibility index (Phi) is 4.47. The third-order valence-electron chi connectivity index (χ3n) is 5.52. The predicted octanol–water partition coefficient (Wildman–Crippen LogP) is 2.22. The number of thiazole rings is 1. The number of fused-ring (bicyclic) bond motifs is 3. The molecule has 0 aliphatic carbocycles. The molecule has 3 aliphatic heterocycles. The Balaban J connectivity index is 1.58. The molecule has 11 heteroatoms. The fourth-order valence-corrected chi connectivity index (χ4v) is 4.38. The number of piperidine rings is 1. The van der Waals surface area contributed by atoms with Crippen molar-refractivity contribution < 1.29 is 28.1 Å². The van der Waals surface area contributed by atoms with E-state index in [2.05, 4.69) is 15.3 Å². The van der Waals surface area contributed by atoms with Gasteiger partial charge < -0.3 is 29.6 Å². The lowest BCUT2D eigenvalue weighted by Gasteiger charge is -2.47. The molecule has 3 aliphatic rings. The van der Waals surface area contributed by atoms with E-state index < -0.39 is 18.3 Å². The van der Waals surface area contributed by atoms with Crippen LogP contribution in [0.3, 0.4) is 0 Å². The standard InChI is InChI=1S/C19H20F2N4O4S/c1-18(27,9-26)19(20,21)29-13-3-2-12(16-22-4-5-30-16)15-14(13)24-17(28-15)25-7-10-6-11(8-25)23-10/h2-5,10-11,23,26-27H,6-9H2,1H3/t10?,11?,18-/m0/s1. The van der Waals surface area contributed by atoms with E-state index in [1.807, 2.05) is 4.90 Å². The molecule has 2 bridgehead atoms. The van der Waals surface area contributed by atoms with Gasteiger partial charge in [-0.05, 0) is 25.5 Å². The van der Waals surface area contributed by atoms with Crippen molar-refractivity contribution in [2.45, 2.75) is 37.1 Å². The van der Waals surface area contributed by atoms with E-state index in [1.165, 1.54) is 17.4 Å². The second kappa shape index (κ2) is 6.84. The molecule has 3 N–H and O–H groups in total. The van der Waals surface area contributed by atoms with E-state index in [0.29, 0.717) is 41.8 Å². The smallest absolute Gasteiger partial charge is 0.428 e. The van der Waals surface area contributed by atoms with E-state index in [0.717, 1.165) is 13.3 Å². The Labute approximate surface area is 174 Å². The monoisotopic (exact) mass is 438 g/mol. The number of halogens is 2. The summed E-state index contributed by atoms with van der Waals surface area (Å²) in [6.07, 6.45) is -1.31. The number of hydrogen-bond donors (Lipinski definition) is 3. The Morgan fingerprint density at radius 1 is 1.37 bits per heavy atom. The zero-order valence-electron chi connectivity index (χ0n) is 16.0. The summed E-state index contributed by atoms with van der Waals surface area (Å²) in [5, 5.41) is 24.9. The molecule has 3 atom stereocenters. The first-order valence-corrected chi connectivity index (χ1v) is 10.4. The number of nitrogens with one attached hydrogen (secondary N) is 1. The number of nitrogens with zero attached hydrogens (tertiary/aromatic N) is 3. The summed E-state index contributed by atoms with van der Waals surface area (Å²) in [7, 11) is 0. The van der Waals surface area contributed by atoms with Crippen LogP contribution in [0.5, 0.6) is 5.75 Å². The van der Waals surface area contributed by atoms with Gasteiger partial charge in [-0.3, -0.25) is 0 Å². The maximum Gasteiger partial charge on any atom is 0.429 e. The lowest BCUT2D eigenvalue weighted by Crippen LogP contribution is -2.67. The summed E-state index contributed by atoms with van der Waals surface area (Å²) in [5.41, 5.74) is -1.76. The Bertz CT molecular complexity index is 1060. The highest BCUT2D eigenvalue weighted by atomic mass is 32.1. The number of aliphatic hydroxyl groups excluding tert-OH is 1. The molecule has 2 aromatic heterocycles. The van der Waals surface area contributed by atoms with Crippen molar-refractivity contribution >= 4 is 28.5 Å². The van der Waals surface area contributed by atoms with Crippen molar-refractivity contribution in [2.24, 2.45) is 0 Å². The normalized spacial score (nSPS) is 23.3. The fraction of sp³-hybridized carbons (Fsp3) is 0.474. The van der Waals surface area contributed by atoms with E-state index in [4.69, 9.17) is 14.3 Å². The summed E-state index contributed by atoms with van der Waals surface area (Å²) >= 11 is 1.39. The van der Waals surface area contributed by atoms with E-state index in [1.54, 1.807) is 17.6 Å². The number of alkyl halides is 2. The number of aliphatic hydroxyl groups is 2. The number of hydrogen-bond acceptors (Lipinski definition) is 9. The van der Waals surface area contributed by atoms with Crippen molar-refractivity contribution in [3.63, 3.8) is 0 Å². The first kappa shape index (κ1) is 19.6. The Morgan fingerprint density at radius 2 is 2.10 bits per heavy atom. The summed E-state index contributed by atoms with van der Waals surface area (Å²) in [6.45, 7) is 1.05. The van der Waals surface area contributed by atoms with Gasteiger partial charge in [0.15, 0.2) is 22.5 Å². The number of piperazine rings is 1. The van der Waals surface area contributed by atoms with Gasteiger partial charge in [-0.15, -0.1) is 11.3 Å². The second-order valence-electron chi connectivity index (χ2n) is 7.87. The number of ether oxygens (including phenoxy) is 1. The topological polar surface area (TPSA) is 104 Å². The van der Waals surface area contributed by atoms with Crippen LogP contribution in [0.2, 0.25) is 0 Å². The summed E-state index contributed by atoms with van der Waals surface area (Å²) in [6, 6.07) is 3.97. The maximum absolute atomic E-state index is 14.5. The second-order valence-corrected chi connectivity index (χ2v) is 8.77. The minimum absolute atomic E-state index is 0.110. The number of oxazole rings is 1. The highest BCUT2D eigenvalue weighted by Crippen LogP contribution is 2.41. The van der Waals surface area contributed by atoms with Gasteiger partial charge in [0, 0.05) is 36.8 Å². The average molecular weight is 438 g/mol. The molecular weight excluding hydrogens is 418 g/mol. The number of anilines is 1. The van der Waals surface area contributed by atoms with Crippen LogP contribution in [0.15, 0.2) is 28.1 Å². The highest BCUT2D eigenvalue weighted by molar-refractivity contribution is 7.13. The van der Waals surface area contributed by atoms with Gasteiger partial charge in [0.25, 0.3) is 6.01 Å². The van der Waals surface area contributed by atoms with Crippen molar-refractivity contribution in [3.05, 3.63) is 23.7 Å². The summed E-state index contributed by atoms with van der Waals surface area (Å²) in [4.78, 5) is 10.7. The van der Waals surface area contributed by atoms with Gasteiger partial charge in [0.1, 0.15) is 5.01 Å². The SMILES string of the molecule is C[C@](O)(CO)C(F)(F)Oc1ccc(-c2nccs2)c2oc(N3CC4CC(C3)N4)nc12. The molecule has 30 heavy (non-hydrogen) atoms. The van der Waals surface area contributed by atoms with Crippen LogP contribution in [0.4, 0.5) is 14.8 Å². The molecule has 8 nitrogen and oxygen atoms in total. The lowest BCUT2D eigenvalue weighted by atomic mass is 9.92. The quantitative estimate of drug-likeness (QED) is 0.538. The van der Waals surface area contributed by atoms with Gasteiger partial charge in [0.05, 0.1) is 12.2 Å². The fourth-order valence-electron chi connectivity index (χ4n) is 3.72. The molecule has 160 valence electrons. The Morgan fingerprint density at radius 3 is 2.73 bits per heavy atom. The van der Waals surface area contributed by atoms with Crippen LogP contribution in [-0.4, -0.2) is 63.7 Å². The molecule has 0 amide bonds. The van der Waals surface area contributed by atoms with Crippen LogP contribution in [0.25, 0.3) is 21.7 Å². The summed E-state index contributed by atoms with van der Waals surface area (Å²) < 4.78 is 39.9. The van der Waals surface area contributed by atoms with Crippen LogP contribution in [0, 0.1) is 0 Å². The van der Waals surface area contributed by atoms with E-state index in [-0.39, 0.29) is 16.8 Å². The average Bonchev–Trinajstić information content (AvgIpc) is 3.38. The van der Waals surface area contributed by atoms with Crippen molar-refractivity contribution in [1.82, 2.24) is 15.3 Å². The molecule has 3 saturated heterocycles. The zero-order chi connectivity index (χ0) is 21.1. The maximum atomic E-state index is 14.5. The zero-order valence-corrected chi connectivity index (χ0v) is 16.8.